The summed E-state index contributed by atoms with van der Waals surface area (Å²) in [7, 11) is -4.47. The molecule has 0 aliphatic carbocycles. The number of amides is 2. The number of nitrogens with zero attached hydrogens (tertiary/aromatic N) is 3. The number of hydrogen-bond donors (Lipinski definition) is 1. The fraction of sp³-hybridized carbons (Fsp3) is 0.250. The lowest BCUT2D eigenvalue weighted by Crippen LogP contribution is -2.45. The van der Waals surface area contributed by atoms with Gasteiger partial charge in [0.25, 0.3) is 20.8 Å². The van der Waals surface area contributed by atoms with Crippen molar-refractivity contribution >= 4 is 92.6 Å². The van der Waals surface area contributed by atoms with Crippen molar-refractivity contribution in [2.24, 2.45) is 0 Å². The number of hydrogen-bond acceptors (Lipinski definition) is 8. The zero-order valence-corrected chi connectivity index (χ0v) is 25.4. The first kappa shape index (κ1) is 27.2. The van der Waals surface area contributed by atoms with Crippen LogP contribution in [0.4, 0.5) is 5.00 Å². The minimum atomic E-state index is -4.47. The summed E-state index contributed by atoms with van der Waals surface area (Å²) in [5.74, 6) is -1.06. The lowest BCUT2D eigenvalue weighted by molar-refractivity contribution is -0.132. The number of thiophene rings is 1. The SMILES string of the molecule is CCCCn1c(-c2ccc(C3(S(=O)(=O)Nc4sc5ccccc5c4Br)CC(=O)N(Br)C3=O)cc2)noc1=S. The van der Waals surface area contributed by atoms with E-state index in [-0.39, 0.29) is 10.4 Å². The van der Waals surface area contributed by atoms with E-state index in [4.69, 9.17) is 16.7 Å². The average molecular weight is 700 g/mol. The predicted octanol–water partition coefficient (Wildman–Crippen LogP) is 6.36. The maximum absolute atomic E-state index is 14.0. The molecule has 1 N–H and O–H groups in total. The zero-order valence-electron chi connectivity index (χ0n) is 19.8. The number of fused-ring (bicyclic) bond motifs is 1. The Hall–Kier alpha value is -2.39. The van der Waals surface area contributed by atoms with E-state index < -0.39 is 33.0 Å². The van der Waals surface area contributed by atoms with Crippen LogP contribution in [-0.2, 0) is 30.9 Å². The smallest absolute Gasteiger partial charge is 0.297 e. The number of carbonyl (C=O) groups is 2. The molecule has 1 aliphatic heterocycles. The van der Waals surface area contributed by atoms with Crippen LogP contribution in [0.5, 0.6) is 0 Å². The molecule has 1 fully saturated rings. The van der Waals surface area contributed by atoms with E-state index in [0.717, 1.165) is 22.9 Å². The van der Waals surface area contributed by atoms with Gasteiger partial charge in [-0.25, -0.2) is 12.3 Å². The van der Waals surface area contributed by atoms with E-state index in [1.165, 1.54) is 23.5 Å². The Morgan fingerprint density at radius 3 is 2.53 bits per heavy atom. The highest BCUT2D eigenvalue weighted by Gasteiger charge is 2.61. The first-order valence-electron chi connectivity index (χ1n) is 11.5. The van der Waals surface area contributed by atoms with Crippen LogP contribution in [0.3, 0.4) is 0 Å². The number of benzene rings is 2. The quantitative estimate of drug-likeness (QED) is 0.129. The summed E-state index contributed by atoms with van der Waals surface area (Å²) in [6.07, 6.45) is 1.26. The Morgan fingerprint density at radius 1 is 1.18 bits per heavy atom. The number of rotatable bonds is 8. The molecule has 1 atom stereocenters. The highest BCUT2D eigenvalue weighted by molar-refractivity contribution is 9.11. The predicted molar refractivity (Wildman–Crippen MR) is 155 cm³/mol. The molecule has 2 amide bonds. The van der Waals surface area contributed by atoms with Crippen molar-refractivity contribution in [1.82, 2.24) is 13.6 Å². The lowest BCUT2D eigenvalue weighted by Gasteiger charge is -2.27. The molecule has 2 aromatic heterocycles. The normalized spacial score (nSPS) is 18.0. The standard InChI is InChI=1S/C24H20Br2N4O5S3/c1-2-3-12-29-20(27-35-23(29)36)14-8-10-15(11-9-14)24(13-18(31)30(26)22(24)32)38(33,34)28-21-19(25)16-6-4-5-7-17(16)37-21/h4-11,28H,2-3,12-13H2,1H3. The molecule has 1 unspecified atom stereocenters. The van der Waals surface area contributed by atoms with Gasteiger partial charge >= 0.3 is 0 Å². The second-order valence-electron chi connectivity index (χ2n) is 8.68. The third-order valence-electron chi connectivity index (χ3n) is 6.39. The van der Waals surface area contributed by atoms with Crippen LogP contribution in [0.1, 0.15) is 31.7 Å². The van der Waals surface area contributed by atoms with Gasteiger partial charge < -0.3 is 4.52 Å². The van der Waals surface area contributed by atoms with Gasteiger partial charge in [-0.2, -0.15) is 0 Å². The maximum atomic E-state index is 14.0. The topological polar surface area (TPSA) is 115 Å². The summed E-state index contributed by atoms with van der Waals surface area (Å²) in [6, 6.07) is 13.8. The van der Waals surface area contributed by atoms with Gasteiger partial charge in [0, 0.05) is 22.2 Å². The van der Waals surface area contributed by atoms with Crippen molar-refractivity contribution in [2.45, 2.75) is 37.5 Å². The van der Waals surface area contributed by atoms with Crippen molar-refractivity contribution in [3.63, 3.8) is 0 Å². The summed E-state index contributed by atoms with van der Waals surface area (Å²) in [4.78, 5) is 26.3. The van der Waals surface area contributed by atoms with Crippen molar-refractivity contribution in [2.75, 3.05) is 4.72 Å². The lowest BCUT2D eigenvalue weighted by atomic mass is 9.95. The molecule has 2 aromatic carbocycles. The number of nitrogens with one attached hydrogen (secondary N) is 1. The van der Waals surface area contributed by atoms with Crippen LogP contribution in [0.2, 0.25) is 0 Å². The second-order valence-corrected chi connectivity index (χ2v) is 13.5. The van der Waals surface area contributed by atoms with E-state index in [2.05, 4.69) is 48.9 Å². The van der Waals surface area contributed by atoms with Crippen molar-refractivity contribution < 1.29 is 22.5 Å². The van der Waals surface area contributed by atoms with Crippen LogP contribution in [0.15, 0.2) is 57.5 Å². The summed E-state index contributed by atoms with van der Waals surface area (Å²) < 4.78 is 37.5. The molecule has 3 heterocycles. The van der Waals surface area contributed by atoms with Crippen molar-refractivity contribution in [1.29, 1.82) is 0 Å². The van der Waals surface area contributed by atoms with E-state index in [1.54, 1.807) is 16.7 Å². The third kappa shape index (κ3) is 4.35. The molecule has 0 bridgehead atoms. The van der Waals surface area contributed by atoms with Gasteiger partial charge in [-0.3, -0.25) is 18.9 Å². The van der Waals surface area contributed by atoms with Gasteiger partial charge in [0.2, 0.25) is 10.7 Å². The average Bonchev–Trinajstić information content (AvgIpc) is 3.51. The van der Waals surface area contributed by atoms with Crippen molar-refractivity contribution in [3.8, 4) is 11.4 Å². The Balaban J connectivity index is 1.58. The summed E-state index contributed by atoms with van der Waals surface area (Å²) in [5.41, 5.74) is 0.776. The number of aromatic nitrogens is 2. The van der Waals surface area contributed by atoms with Gasteiger partial charge in [-0.05, 0) is 46.2 Å². The van der Waals surface area contributed by atoms with E-state index >= 15 is 0 Å². The number of unbranched alkanes of at least 4 members (excludes halogenated alkanes) is 1. The molecule has 4 aromatic rings. The van der Waals surface area contributed by atoms with Gasteiger partial charge in [0.05, 0.1) is 27.0 Å². The molecule has 0 spiro atoms. The van der Waals surface area contributed by atoms with Gasteiger partial charge in [0.15, 0.2) is 5.82 Å². The Kier molecular flexibility index (Phi) is 7.37. The first-order chi connectivity index (χ1) is 18.1. The number of anilines is 1. The molecule has 0 saturated carbocycles. The summed E-state index contributed by atoms with van der Waals surface area (Å²) >= 11 is 12.9. The summed E-state index contributed by atoms with van der Waals surface area (Å²) in [5, 5.41) is 5.21. The van der Waals surface area contributed by atoms with E-state index in [1.807, 2.05) is 24.3 Å². The molecule has 9 nitrogen and oxygen atoms in total. The van der Waals surface area contributed by atoms with Crippen LogP contribution >= 0.6 is 55.6 Å². The number of sulfonamides is 1. The molecule has 1 aliphatic rings. The van der Waals surface area contributed by atoms with E-state index in [0.29, 0.717) is 31.3 Å². The third-order valence-corrected chi connectivity index (χ3v) is 11.7. The zero-order chi connectivity index (χ0) is 27.2. The largest absolute Gasteiger partial charge is 0.324 e. The Labute approximate surface area is 244 Å². The fourth-order valence-electron chi connectivity index (χ4n) is 4.39. The minimum Gasteiger partial charge on any atom is -0.324 e. The number of carbonyl (C=O) groups excluding carboxylic acids is 2. The molecule has 14 heteroatoms. The maximum Gasteiger partial charge on any atom is 0.297 e. The molecule has 0 radical (unpaired) electrons. The molecular weight excluding hydrogens is 680 g/mol. The van der Waals surface area contributed by atoms with Gasteiger partial charge in [-0.1, -0.05) is 61.0 Å². The molecule has 198 valence electrons. The van der Waals surface area contributed by atoms with E-state index in [9.17, 15) is 18.0 Å². The van der Waals surface area contributed by atoms with Crippen LogP contribution < -0.4 is 4.72 Å². The molecular formula is C24H20Br2N4O5S3. The molecule has 5 rings (SSSR count). The van der Waals surface area contributed by atoms with Crippen LogP contribution in [0, 0.1) is 4.84 Å². The Bertz CT molecular complexity index is 1730. The Morgan fingerprint density at radius 2 is 1.89 bits per heavy atom. The molecule has 38 heavy (non-hydrogen) atoms. The highest BCUT2D eigenvalue weighted by atomic mass is 79.9. The van der Waals surface area contributed by atoms with Gasteiger partial charge in [-0.15, -0.1) is 11.3 Å². The van der Waals surface area contributed by atoms with Crippen LogP contribution in [0.25, 0.3) is 21.5 Å². The highest BCUT2D eigenvalue weighted by Crippen LogP contribution is 2.46. The molecule has 1 saturated heterocycles. The fourth-order valence-corrected chi connectivity index (χ4v) is 9.04. The monoisotopic (exact) mass is 698 g/mol. The first-order valence-corrected chi connectivity index (χ1v) is 15.7. The van der Waals surface area contributed by atoms with Gasteiger partial charge in [0.1, 0.15) is 5.00 Å². The number of halogens is 2. The minimum absolute atomic E-state index is 0.147. The summed E-state index contributed by atoms with van der Waals surface area (Å²) in [6.45, 7) is 2.68. The number of imide groups is 1. The van der Waals surface area contributed by atoms with Crippen molar-refractivity contribution in [3.05, 3.63) is 63.4 Å². The second kappa shape index (κ2) is 10.3. The van der Waals surface area contributed by atoms with Crippen LogP contribution in [-0.4, -0.2) is 33.9 Å².